The standard InChI is InChI=1S/C22H22ClN7O/c23-21-6-3-18(13-19(21)15-24)7-8-28-9-11-29(12-10-28)22(31)14-17-1-4-20(5-2-17)30-16-25-26-27-30/h1-6,13,16H,7-12,14H2. The minimum atomic E-state index is 0.145. The molecule has 1 fully saturated rings. The summed E-state index contributed by atoms with van der Waals surface area (Å²) in [7, 11) is 0. The molecule has 2 heterocycles. The van der Waals surface area contributed by atoms with E-state index in [4.69, 9.17) is 16.9 Å². The molecular weight excluding hydrogens is 414 g/mol. The summed E-state index contributed by atoms with van der Waals surface area (Å²) < 4.78 is 1.58. The first-order valence-corrected chi connectivity index (χ1v) is 10.5. The number of piperazine rings is 1. The molecule has 158 valence electrons. The van der Waals surface area contributed by atoms with Gasteiger partial charge in [-0.1, -0.05) is 29.8 Å². The molecule has 4 rings (SSSR count). The predicted octanol–water partition coefficient (Wildman–Crippen LogP) is 2.12. The molecule has 31 heavy (non-hydrogen) atoms. The van der Waals surface area contributed by atoms with E-state index in [0.29, 0.717) is 17.0 Å². The van der Waals surface area contributed by atoms with Gasteiger partial charge in [-0.3, -0.25) is 9.69 Å². The molecule has 2 aromatic carbocycles. The van der Waals surface area contributed by atoms with Crippen LogP contribution in [0.25, 0.3) is 5.69 Å². The first-order valence-electron chi connectivity index (χ1n) is 10.1. The lowest BCUT2D eigenvalue weighted by Crippen LogP contribution is -2.49. The second-order valence-electron chi connectivity index (χ2n) is 7.50. The summed E-state index contributed by atoms with van der Waals surface area (Å²) in [6.07, 6.45) is 2.78. The highest BCUT2D eigenvalue weighted by atomic mass is 35.5. The van der Waals surface area contributed by atoms with Crippen molar-refractivity contribution in [1.29, 1.82) is 5.26 Å². The van der Waals surface area contributed by atoms with Crippen molar-refractivity contribution in [2.24, 2.45) is 0 Å². The lowest BCUT2D eigenvalue weighted by molar-refractivity contribution is -0.132. The average Bonchev–Trinajstić information content (AvgIpc) is 3.34. The van der Waals surface area contributed by atoms with Gasteiger partial charge in [0.1, 0.15) is 12.4 Å². The summed E-state index contributed by atoms with van der Waals surface area (Å²) in [4.78, 5) is 17.0. The quantitative estimate of drug-likeness (QED) is 0.589. The second kappa shape index (κ2) is 9.69. The Bertz CT molecular complexity index is 1070. The molecule has 1 aromatic heterocycles. The molecule has 3 aromatic rings. The highest BCUT2D eigenvalue weighted by molar-refractivity contribution is 6.31. The Morgan fingerprint density at radius 2 is 1.81 bits per heavy atom. The average molecular weight is 436 g/mol. The zero-order valence-corrected chi connectivity index (χ0v) is 17.7. The van der Waals surface area contributed by atoms with Crippen molar-refractivity contribution >= 4 is 17.5 Å². The first-order chi connectivity index (χ1) is 15.1. The number of aromatic nitrogens is 4. The highest BCUT2D eigenvalue weighted by Crippen LogP contribution is 2.17. The van der Waals surface area contributed by atoms with E-state index in [1.165, 1.54) is 6.33 Å². The van der Waals surface area contributed by atoms with Crippen molar-refractivity contribution in [2.75, 3.05) is 32.7 Å². The van der Waals surface area contributed by atoms with E-state index in [1.807, 2.05) is 41.3 Å². The number of carbonyl (C=O) groups excluding carboxylic acids is 1. The maximum absolute atomic E-state index is 12.7. The van der Waals surface area contributed by atoms with Crippen LogP contribution in [0.2, 0.25) is 5.02 Å². The Morgan fingerprint density at radius 1 is 1.06 bits per heavy atom. The molecule has 0 radical (unpaired) electrons. The van der Waals surface area contributed by atoms with Gasteiger partial charge >= 0.3 is 0 Å². The molecule has 0 saturated carbocycles. The zero-order valence-electron chi connectivity index (χ0n) is 17.0. The van der Waals surface area contributed by atoms with Crippen LogP contribution < -0.4 is 0 Å². The third-order valence-corrected chi connectivity index (χ3v) is 5.83. The summed E-state index contributed by atoms with van der Waals surface area (Å²) in [5.74, 6) is 0.145. The van der Waals surface area contributed by atoms with Gasteiger partial charge in [-0.2, -0.15) is 5.26 Å². The van der Waals surface area contributed by atoms with Crippen molar-refractivity contribution < 1.29 is 4.79 Å². The smallest absolute Gasteiger partial charge is 0.227 e. The lowest BCUT2D eigenvalue weighted by Gasteiger charge is -2.34. The number of rotatable bonds is 6. The van der Waals surface area contributed by atoms with Gasteiger partial charge in [0.15, 0.2) is 0 Å². The summed E-state index contributed by atoms with van der Waals surface area (Å²) in [5.41, 5.74) is 3.45. The predicted molar refractivity (Wildman–Crippen MR) is 116 cm³/mol. The Kier molecular flexibility index (Phi) is 6.55. The van der Waals surface area contributed by atoms with Crippen LogP contribution in [-0.2, 0) is 17.6 Å². The molecule has 1 amide bonds. The molecular formula is C22H22ClN7O. The van der Waals surface area contributed by atoms with E-state index < -0.39 is 0 Å². The van der Waals surface area contributed by atoms with Crippen LogP contribution in [0.3, 0.4) is 0 Å². The fourth-order valence-electron chi connectivity index (χ4n) is 3.65. The van der Waals surface area contributed by atoms with Crippen molar-refractivity contribution in [3.05, 3.63) is 70.5 Å². The number of amides is 1. The van der Waals surface area contributed by atoms with E-state index in [2.05, 4.69) is 26.5 Å². The van der Waals surface area contributed by atoms with Gasteiger partial charge in [-0.05, 0) is 52.2 Å². The maximum atomic E-state index is 12.7. The van der Waals surface area contributed by atoms with Crippen LogP contribution in [0.1, 0.15) is 16.7 Å². The van der Waals surface area contributed by atoms with E-state index in [1.54, 1.807) is 10.7 Å². The fraction of sp³-hybridized carbons (Fsp3) is 0.318. The Balaban J connectivity index is 1.24. The molecule has 1 aliphatic rings. The van der Waals surface area contributed by atoms with Crippen molar-refractivity contribution in [3.8, 4) is 11.8 Å². The monoisotopic (exact) mass is 435 g/mol. The number of benzene rings is 2. The summed E-state index contributed by atoms with van der Waals surface area (Å²) in [6, 6.07) is 15.4. The molecule has 0 bridgehead atoms. The summed E-state index contributed by atoms with van der Waals surface area (Å²) >= 11 is 6.00. The number of halogens is 1. The van der Waals surface area contributed by atoms with Gasteiger partial charge in [-0.25, -0.2) is 4.68 Å². The molecule has 0 atom stereocenters. The number of nitriles is 1. The largest absolute Gasteiger partial charge is 0.340 e. The Hall–Kier alpha value is -3.28. The number of carbonyl (C=O) groups is 1. The molecule has 0 aliphatic carbocycles. The molecule has 1 aliphatic heterocycles. The third-order valence-electron chi connectivity index (χ3n) is 5.50. The van der Waals surface area contributed by atoms with Gasteiger partial charge in [-0.15, -0.1) is 5.10 Å². The van der Waals surface area contributed by atoms with Gasteiger partial charge < -0.3 is 4.90 Å². The minimum Gasteiger partial charge on any atom is -0.340 e. The van der Waals surface area contributed by atoms with Crippen LogP contribution in [-0.4, -0.2) is 68.6 Å². The third kappa shape index (κ3) is 5.26. The van der Waals surface area contributed by atoms with Gasteiger partial charge in [0.05, 0.1) is 22.7 Å². The lowest BCUT2D eigenvalue weighted by atomic mass is 10.1. The molecule has 1 saturated heterocycles. The zero-order chi connectivity index (χ0) is 21.6. The number of hydrogen-bond acceptors (Lipinski definition) is 6. The molecule has 0 N–H and O–H groups in total. The van der Waals surface area contributed by atoms with Crippen LogP contribution in [0.15, 0.2) is 48.8 Å². The number of hydrogen-bond donors (Lipinski definition) is 0. The maximum Gasteiger partial charge on any atom is 0.227 e. The van der Waals surface area contributed by atoms with Crippen LogP contribution >= 0.6 is 11.6 Å². The van der Waals surface area contributed by atoms with Crippen molar-refractivity contribution in [3.63, 3.8) is 0 Å². The van der Waals surface area contributed by atoms with E-state index in [-0.39, 0.29) is 5.91 Å². The normalized spacial score (nSPS) is 14.4. The number of nitrogens with zero attached hydrogens (tertiary/aromatic N) is 7. The fourth-order valence-corrected chi connectivity index (χ4v) is 3.81. The van der Waals surface area contributed by atoms with Crippen molar-refractivity contribution in [2.45, 2.75) is 12.8 Å². The van der Waals surface area contributed by atoms with Gasteiger partial charge in [0.25, 0.3) is 0 Å². The molecule has 8 nitrogen and oxygen atoms in total. The minimum absolute atomic E-state index is 0.145. The SMILES string of the molecule is N#Cc1cc(CCN2CCN(C(=O)Cc3ccc(-n4cnnn4)cc3)CC2)ccc1Cl. The van der Waals surface area contributed by atoms with Crippen LogP contribution in [0, 0.1) is 11.3 Å². The van der Waals surface area contributed by atoms with Gasteiger partial charge in [0.2, 0.25) is 5.91 Å². The van der Waals surface area contributed by atoms with Crippen LogP contribution in [0.4, 0.5) is 0 Å². The van der Waals surface area contributed by atoms with E-state index in [0.717, 1.165) is 56.0 Å². The van der Waals surface area contributed by atoms with Crippen molar-refractivity contribution in [1.82, 2.24) is 30.0 Å². The van der Waals surface area contributed by atoms with Crippen LogP contribution in [0.5, 0.6) is 0 Å². The first kappa shape index (κ1) is 21.0. The van der Waals surface area contributed by atoms with E-state index >= 15 is 0 Å². The Morgan fingerprint density at radius 3 is 2.48 bits per heavy atom. The molecule has 9 heteroatoms. The topological polar surface area (TPSA) is 90.9 Å². The number of tetrazole rings is 1. The molecule has 0 spiro atoms. The Labute approximate surface area is 185 Å². The summed E-state index contributed by atoms with van der Waals surface area (Å²) in [6.45, 7) is 4.05. The summed E-state index contributed by atoms with van der Waals surface area (Å²) in [5, 5.41) is 20.7. The van der Waals surface area contributed by atoms with E-state index in [9.17, 15) is 4.79 Å². The van der Waals surface area contributed by atoms with Gasteiger partial charge in [0, 0.05) is 32.7 Å². The second-order valence-corrected chi connectivity index (χ2v) is 7.90. The highest BCUT2D eigenvalue weighted by Gasteiger charge is 2.21. The molecule has 0 unspecified atom stereocenters.